The molecule has 0 heterocycles. The van der Waals surface area contributed by atoms with Crippen molar-refractivity contribution in [3.8, 4) is 0 Å². The van der Waals surface area contributed by atoms with E-state index in [0.29, 0.717) is 23.6 Å². The molecule has 136 valence electrons. The molecule has 7 heteroatoms. The van der Waals surface area contributed by atoms with Gasteiger partial charge in [-0.2, -0.15) is 0 Å². The minimum atomic E-state index is -0.850. The molecule has 3 nitrogen and oxygen atoms in total. The van der Waals surface area contributed by atoms with Gasteiger partial charge in [0.2, 0.25) is 5.91 Å². The smallest absolute Gasteiger partial charge is 0.220 e. The average molecular weight is 389 g/mol. The molecule has 0 radical (unpaired) electrons. The predicted octanol–water partition coefficient (Wildman–Crippen LogP) is 4.25. The lowest BCUT2D eigenvalue weighted by atomic mass is 9.97. The molecule has 0 bridgehead atoms. The Morgan fingerprint density at radius 3 is 2.56 bits per heavy atom. The van der Waals surface area contributed by atoms with Gasteiger partial charge in [-0.25, -0.2) is 8.78 Å². The molecule has 1 atom stereocenters. The minimum absolute atomic E-state index is 0. The normalized spacial score (nSPS) is 11.5. The van der Waals surface area contributed by atoms with Gasteiger partial charge in [-0.1, -0.05) is 29.8 Å². The van der Waals surface area contributed by atoms with Gasteiger partial charge in [-0.05, 0) is 49.8 Å². The van der Waals surface area contributed by atoms with Crippen molar-refractivity contribution in [3.05, 3.63) is 70.2 Å². The summed E-state index contributed by atoms with van der Waals surface area (Å²) in [7, 11) is 1.80. The van der Waals surface area contributed by atoms with Gasteiger partial charge in [0.25, 0.3) is 0 Å². The molecular weight excluding hydrogens is 369 g/mol. The van der Waals surface area contributed by atoms with Crippen molar-refractivity contribution >= 4 is 29.9 Å². The Morgan fingerprint density at radius 2 is 1.88 bits per heavy atom. The molecule has 0 spiro atoms. The number of benzene rings is 2. The van der Waals surface area contributed by atoms with Crippen molar-refractivity contribution in [3.63, 3.8) is 0 Å². The van der Waals surface area contributed by atoms with E-state index in [-0.39, 0.29) is 30.3 Å². The molecule has 0 aliphatic rings. The van der Waals surface area contributed by atoms with Crippen molar-refractivity contribution in [2.75, 3.05) is 13.6 Å². The Kier molecular flexibility index (Phi) is 8.83. The molecule has 2 N–H and O–H groups in total. The molecule has 0 fully saturated rings. The molecule has 25 heavy (non-hydrogen) atoms. The fraction of sp³-hybridized carbons (Fsp3) is 0.278. The number of carbonyl (C=O) groups excluding carboxylic acids is 1. The lowest BCUT2D eigenvalue weighted by Crippen LogP contribution is -2.30. The molecule has 1 amide bonds. The van der Waals surface area contributed by atoms with E-state index in [1.54, 1.807) is 31.3 Å². The molecule has 2 rings (SSSR count). The third-order valence-corrected chi connectivity index (χ3v) is 3.97. The Balaban J connectivity index is 0.00000312. The number of nitrogens with one attached hydrogen (secondary N) is 2. The first-order valence-corrected chi connectivity index (χ1v) is 8.04. The summed E-state index contributed by atoms with van der Waals surface area (Å²) in [5.74, 6) is -1.43. The summed E-state index contributed by atoms with van der Waals surface area (Å²) in [4.78, 5) is 12.2. The maximum atomic E-state index is 14.2. The van der Waals surface area contributed by atoms with Crippen LogP contribution in [0, 0.1) is 11.6 Å². The predicted molar refractivity (Wildman–Crippen MR) is 98.2 cm³/mol. The number of halogens is 4. The van der Waals surface area contributed by atoms with Crippen molar-refractivity contribution in [1.82, 2.24) is 10.6 Å². The average Bonchev–Trinajstić information content (AvgIpc) is 2.56. The van der Waals surface area contributed by atoms with Crippen LogP contribution in [0.2, 0.25) is 5.02 Å². The van der Waals surface area contributed by atoms with Crippen molar-refractivity contribution in [2.24, 2.45) is 0 Å². The van der Waals surface area contributed by atoms with Crippen molar-refractivity contribution in [2.45, 2.75) is 18.9 Å². The van der Waals surface area contributed by atoms with E-state index in [9.17, 15) is 13.6 Å². The highest BCUT2D eigenvalue weighted by atomic mass is 35.5. The lowest BCUT2D eigenvalue weighted by Gasteiger charge is -2.21. The third-order valence-electron chi connectivity index (χ3n) is 3.62. The van der Waals surface area contributed by atoms with Gasteiger partial charge in [0.1, 0.15) is 11.6 Å². The van der Waals surface area contributed by atoms with E-state index >= 15 is 0 Å². The van der Waals surface area contributed by atoms with Gasteiger partial charge in [-0.15, -0.1) is 12.4 Å². The molecule has 0 saturated carbocycles. The summed E-state index contributed by atoms with van der Waals surface area (Å²) in [6.07, 6.45) is 0.919. The topological polar surface area (TPSA) is 41.1 Å². The van der Waals surface area contributed by atoms with E-state index in [2.05, 4.69) is 10.6 Å². The SMILES string of the molecule is CNCCCC(=O)NC(c1cc(F)ccc1F)c1ccccc1Cl.Cl. The van der Waals surface area contributed by atoms with Gasteiger partial charge >= 0.3 is 0 Å². The first-order valence-electron chi connectivity index (χ1n) is 7.66. The van der Waals surface area contributed by atoms with Crippen molar-refractivity contribution < 1.29 is 13.6 Å². The highest BCUT2D eigenvalue weighted by molar-refractivity contribution is 6.31. The first-order chi connectivity index (χ1) is 11.5. The molecular formula is C18H20Cl2F2N2O. The zero-order valence-electron chi connectivity index (χ0n) is 13.7. The summed E-state index contributed by atoms with van der Waals surface area (Å²) >= 11 is 6.19. The summed E-state index contributed by atoms with van der Waals surface area (Å²) in [5.41, 5.74) is 0.565. The molecule has 0 aliphatic carbocycles. The number of carbonyl (C=O) groups is 1. The van der Waals surface area contributed by atoms with Crippen LogP contribution in [0.15, 0.2) is 42.5 Å². The molecule has 0 aliphatic heterocycles. The second kappa shape index (κ2) is 10.3. The van der Waals surface area contributed by atoms with Crippen LogP contribution >= 0.6 is 24.0 Å². The van der Waals surface area contributed by atoms with E-state index in [1.807, 2.05) is 0 Å². The maximum absolute atomic E-state index is 14.2. The van der Waals surface area contributed by atoms with Gasteiger partial charge in [0.05, 0.1) is 6.04 Å². The molecule has 0 saturated heterocycles. The Hall–Kier alpha value is -1.69. The Labute approximate surface area is 157 Å². The Morgan fingerprint density at radius 1 is 1.16 bits per heavy atom. The number of hydrogen-bond donors (Lipinski definition) is 2. The van der Waals surface area contributed by atoms with Crippen LogP contribution in [0.4, 0.5) is 8.78 Å². The number of rotatable bonds is 7. The number of amides is 1. The highest BCUT2D eigenvalue weighted by Crippen LogP contribution is 2.30. The zero-order valence-corrected chi connectivity index (χ0v) is 15.3. The van der Waals surface area contributed by atoms with Crippen LogP contribution in [0.1, 0.15) is 30.0 Å². The van der Waals surface area contributed by atoms with E-state index < -0.39 is 17.7 Å². The molecule has 2 aromatic rings. The zero-order chi connectivity index (χ0) is 17.5. The van der Waals surface area contributed by atoms with Crippen LogP contribution < -0.4 is 10.6 Å². The molecule has 2 aromatic carbocycles. The summed E-state index contributed by atoms with van der Waals surface area (Å²) < 4.78 is 27.8. The second-order valence-corrected chi connectivity index (χ2v) is 5.80. The fourth-order valence-corrected chi connectivity index (χ4v) is 2.67. The monoisotopic (exact) mass is 388 g/mol. The lowest BCUT2D eigenvalue weighted by molar-refractivity contribution is -0.121. The summed E-state index contributed by atoms with van der Waals surface area (Å²) in [6, 6.07) is 9.12. The minimum Gasteiger partial charge on any atom is -0.345 e. The summed E-state index contributed by atoms with van der Waals surface area (Å²) in [5, 5.41) is 6.09. The van der Waals surface area contributed by atoms with Gasteiger partial charge in [-0.3, -0.25) is 4.79 Å². The molecule has 0 aromatic heterocycles. The third kappa shape index (κ3) is 5.96. The van der Waals surface area contributed by atoms with Crippen molar-refractivity contribution in [1.29, 1.82) is 0 Å². The molecule has 1 unspecified atom stereocenters. The van der Waals surface area contributed by atoms with Crippen LogP contribution in [0.5, 0.6) is 0 Å². The first kappa shape index (κ1) is 21.4. The van der Waals surface area contributed by atoms with Crippen LogP contribution in [-0.2, 0) is 4.79 Å². The van der Waals surface area contributed by atoms with Gasteiger partial charge in [0.15, 0.2) is 0 Å². The van der Waals surface area contributed by atoms with E-state index in [0.717, 1.165) is 18.2 Å². The standard InChI is InChI=1S/C18H19ClF2N2O.ClH/c1-22-10-4-7-17(24)23-18(13-5-2-3-6-15(13)19)14-11-12(20)8-9-16(14)21;/h2-3,5-6,8-9,11,18,22H,4,7,10H2,1H3,(H,23,24);1H. The van der Waals surface area contributed by atoms with E-state index in [4.69, 9.17) is 11.6 Å². The van der Waals surface area contributed by atoms with E-state index in [1.165, 1.54) is 0 Å². The quantitative estimate of drug-likeness (QED) is 0.696. The van der Waals surface area contributed by atoms with Gasteiger partial charge in [0, 0.05) is 17.0 Å². The largest absolute Gasteiger partial charge is 0.345 e. The Bertz CT molecular complexity index is 713. The van der Waals surface area contributed by atoms with Crippen LogP contribution in [-0.4, -0.2) is 19.5 Å². The highest BCUT2D eigenvalue weighted by Gasteiger charge is 2.22. The van der Waals surface area contributed by atoms with Crippen LogP contribution in [0.3, 0.4) is 0 Å². The number of hydrogen-bond acceptors (Lipinski definition) is 2. The van der Waals surface area contributed by atoms with Crippen LogP contribution in [0.25, 0.3) is 0 Å². The fourth-order valence-electron chi connectivity index (χ4n) is 2.43. The summed E-state index contributed by atoms with van der Waals surface area (Å²) in [6.45, 7) is 0.693. The van der Waals surface area contributed by atoms with Gasteiger partial charge < -0.3 is 10.6 Å². The maximum Gasteiger partial charge on any atom is 0.220 e. The second-order valence-electron chi connectivity index (χ2n) is 5.39.